The summed E-state index contributed by atoms with van der Waals surface area (Å²) in [4.78, 5) is 12.0. The smallest absolute Gasteiger partial charge is 0.205 e. The van der Waals surface area contributed by atoms with Gasteiger partial charge in [-0.15, -0.1) is 0 Å². The van der Waals surface area contributed by atoms with Crippen molar-refractivity contribution in [2.45, 2.75) is 12.8 Å². The molecule has 1 N–H and O–H groups in total. The van der Waals surface area contributed by atoms with E-state index in [1.165, 1.54) is 18.2 Å². The topological polar surface area (TPSA) is 52.9 Å². The van der Waals surface area contributed by atoms with Crippen molar-refractivity contribution in [1.82, 2.24) is 5.32 Å². The molecule has 0 saturated carbocycles. The highest BCUT2D eigenvalue weighted by atomic mass is 19.1. The van der Waals surface area contributed by atoms with Crippen LogP contribution in [-0.2, 0) is 0 Å². The second-order valence-corrected chi connectivity index (χ2v) is 3.84. The van der Waals surface area contributed by atoms with Crippen LogP contribution in [0.1, 0.15) is 23.2 Å². The van der Waals surface area contributed by atoms with Crippen molar-refractivity contribution in [1.29, 1.82) is 5.26 Å². The van der Waals surface area contributed by atoms with Crippen LogP contribution in [0.3, 0.4) is 0 Å². The van der Waals surface area contributed by atoms with Gasteiger partial charge in [-0.3, -0.25) is 4.79 Å². The van der Waals surface area contributed by atoms with Crippen LogP contribution < -0.4 is 5.32 Å². The number of Topliss-reactive ketones (excluding diaryl/α,β-unsaturated/α-hetero) is 1. The molecule has 4 heteroatoms. The Kier molecular flexibility index (Phi) is 3.20. The Morgan fingerprint density at radius 2 is 2.29 bits per heavy atom. The van der Waals surface area contributed by atoms with E-state index >= 15 is 0 Å². The number of benzene rings is 1. The van der Waals surface area contributed by atoms with Crippen molar-refractivity contribution in [3.8, 4) is 6.07 Å². The highest BCUT2D eigenvalue weighted by Crippen LogP contribution is 2.18. The Labute approximate surface area is 98.6 Å². The van der Waals surface area contributed by atoms with Crippen molar-refractivity contribution in [2.24, 2.45) is 0 Å². The van der Waals surface area contributed by atoms with E-state index in [2.05, 4.69) is 5.32 Å². The molecule has 0 bridgehead atoms. The first kappa shape index (κ1) is 11.3. The van der Waals surface area contributed by atoms with Gasteiger partial charge in [0.15, 0.2) is 0 Å². The molecule has 1 heterocycles. The number of allylic oxidation sites excluding steroid dienone is 2. The number of nitriles is 1. The number of hydrogen-bond acceptors (Lipinski definition) is 3. The molecule has 1 aromatic carbocycles. The predicted molar refractivity (Wildman–Crippen MR) is 60.6 cm³/mol. The number of carbonyl (C=O) groups excluding carboxylic acids is 1. The van der Waals surface area contributed by atoms with Crippen LogP contribution in [0.2, 0.25) is 0 Å². The molecule has 0 amide bonds. The van der Waals surface area contributed by atoms with Gasteiger partial charge in [0.05, 0.1) is 0 Å². The number of halogens is 1. The zero-order valence-electron chi connectivity index (χ0n) is 9.16. The van der Waals surface area contributed by atoms with Crippen LogP contribution in [0, 0.1) is 17.1 Å². The van der Waals surface area contributed by atoms with Gasteiger partial charge in [0.2, 0.25) is 5.78 Å². The third-order valence-corrected chi connectivity index (χ3v) is 2.67. The standard InChI is InChI=1S/C13H11FN2O/c14-10-4-1-3-9(7-10)13(17)11(8-15)12-5-2-6-16-12/h1,3-4,7,16H,2,5-6H2/b12-11+. The molecule has 1 fully saturated rings. The molecule has 0 aliphatic carbocycles. The molecule has 3 nitrogen and oxygen atoms in total. The molecule has 1 saturated heterocycles. The van der Waals surface area contributed by atoms with Gasteiger partial charge in [-0.05, 0) is 25.0 Å². The van der Waals surface area contributed by atoms with E-state index in [0.29, 0.717) is 12.1 Å². The number of carbonyl (C=O) groups is 1. The molecule has 1 aliphatic heterocycles. The second-order valence-electron chi connectivity index (χ2n) is 3.84. The maximum Gasteiger partial charge on any atom is 0.205 e. The van der Waals surface area contributed by atoms with E-state index < -0.39 is 11.6 Å². The van der Waals surface area contributed by atoms with E-state index in [9.17, 15) is 9.18 Å². The summed E-state index contributed by atoms with van der Waals surface area (Å²) in [5.74, 6) is -0.895. The fraction of sp³-hybridized carbons (Fsp3) is 0.231. The normalized spacial score (nSPS) is 17.2. The maximum atomic E-state index is 13.0. The lowest BCUT2D eigenvalue weighted by atomic mass is 10.0. The highest BCUT2D eigenvalue weighted by molar-refractivity contribution is 6.11. The first-order chi connectivity index (χ1) is 8.22. The molecule has 0 aromatic heterocycles. The van der Waals surface area contributed by atoms with Gasteiger partial charge in [-0.2, -0.15) is 5.26 Å². The highest BCUT2D eigenvalue weighted by Gasteiger charge is 2.19. The molecular formula is C13H11FN2O. The van der Waals surface area contributed by atoms with E-state index in [0.717, 1.165) is 19.0 Å². The molecule has 17 heavy (non-hydrogen) atoms. The first-order valence-electron chi connectivity index (χ1n) is 5.40. The monoisotopic (exact) mass is 230 g/mol. The van der Waals surface area contributed by atoms with Gasteiger partial charge < -0.3 is 5.32 Å². The quantitative estimate of drug-likeness (QED) is 0.481. The van der Waals surface area contributed by atoms with Gasteiger partial charge in [-0.1, -0.05) is 12.1 Å². The van der Waals surface area contributed by atoms with E-state index in [4.69, 9.17) is 5.26 Å². The summed E-state index contributed by atoms with van der Waals surface area (Å²) in [5.41, 5.74) is 0.970. The minimum Gasteiger partial charge on any atom is -0.387 e. The predicted octanol–water partition coefficient (Wildman–Crippen LogP) is 2.17. The summed E-state index contributed by atoms with van der Waals surface area (Å²) in [7, 11) is 0. The largest absolute Gasteiger partial charge is 0.387 e. The summed E-state index contributed by atoms with van der Waals surface area (Å²) in [6, 6.07) is 7.30. The number of rotatable bonds is 2. The van der Waals surface area contributed by atoms with Crippen LogP contribution >= 0.6 is 0 Å². The Morgan fingerprint density at radius 1 is 1.47 bits per heavy atom. The molecule has 0 atom stereocenters. The van der Waals surface area contributed by atoms with Gasteiger partial charge in [0.25, 0.3) is 0 Å². The number of nitrogens with one attached hydrogen (secondary N) is 1. The molecule has 86 valence electrons. The molecule has 0 unspecified atom stereocenters. The summed E-state index contributed by atoms with van der Waals surface area (Å²) in [6.45, 7) is 0.775. The third-order valence-electron chi connectivity index (χ3n) is 2.67. The minimum atomic E-state index is -0.475. The van der Waals surface area contributed by atoms with Gasteiger partial charge in [0, 0.05) is 17.8 Å². The summed E-state index contributed by atoms with van der Waals surface area (Å²) in [6.07, 6.45) is 1.61. The van der Waals surface area contributed by atoms with E-state index in [1.807, 2.05) is 6.07 Å². The molecule has 2 rings (SSSR count). The molecule has 1 aliphatic rings. The average Bonchev–Trinajstić information content (AvgIpc) is 2.83. The fourth-order valence-corrected chi connectivity index (χ4v) is 1.84. The van der Waals surface area contributed by atoms with E-state index in [1.54, 1.807) is 0 Å². The van der Waals surface area contributed by atoms with Gasteiger partial charge in [0.1, 0.15) is 17.5 Å². The van der Waals surface area contributed by atoms with E-state index in [-0.39, 0.29) is 11.1 Å². The summed E-state index contributed by atoms with van der Waals surface area (Å²) < 4.78 is 13.0. The molecular weight excluding hydrogens is 219 g/mol. The number of nitrogens with zero attached hydrogens (tertiary/aromatic N) is 1. The van der Waals surface area contributed by atoms with Crippen LogP contribution in [0.5, 0.6) is 0 Å². The fourth-order valence-electron chi connectivity index (χ4n) is 1.84. The molecule has 0 radical (unpaired) electrons. The zero-order valence-corrected chi connectivity index (χ0v) is 9.16. The maximum absolute atomic E-state index is 13.0. The van der Waals surface area contributed by atoms with Crippen LogP contribution in [0.25, 0.3) is 0 Å². The van der Waals surface area contributed by atoms with Crippen molar-refractivity contribution >= 4 is 5.78 Å². The number of hydrogen-bond donors (Lipinski definition) is 1. The Balaban J connectivity index is 2.37. The Bertz CT molecular complexity index is 520. The lowest BCUT2D eigenvalue weighted by Gasteiger charge is -2.04. The second kappa shape index (κ2) is 4.79. The lowest BCUT2D eigenvalue weighted by Crippen LogP contribution is -2.12. The third kappa shape index (κ3) is 2.34. The Morgan fingerprint density at radius 3 is 2.88 bits per heavy atom. The Hall–Kier alpha value is -2.15. The lowest BCUT2D eigenvalue weighted by molar-refractivity contribution is 0.103. The first-order valence-corrected chi connectivity index (χ1v) is 5.40. The van der Waals surface area contributed by atoms with Gasteiger partial charge in [-0.25, -0.2) is 4.39 Å². The summed E-state index contributed by atoms with van der Waals surface area (Å²) >= 11 is 0. The van der Waals surface area contributed by atoms with Crippen molar-refractivity contribution < 1.29 is 9.18 Å². The van der Waals surface area contributed by atoms with Gasteiger partial charge >= 0.3 is 0 Å². The average molecular weight is 230 g/mol. The minimum absolute atomic E-state index is 0.0908. The van der Waals surface area contributed by atoms with Crippen LogP contribution in [0.15, 0.2) is 35.5 Å². The SMILES string of the molecule is N#C/C(C(=O)c1cccc(F)c1)=C1/CCCN1. The van der Waals surface area contributed by atoms with Crippen molar-refractivity contribution in [3.63, 3.8) is 0 Å². The summed E-state index contributed by atoms with van der Waals surface area (Å²) in [5, 5.41) is 12.0. The van der Waals surface area contributed by atoms with Crippen molar-refractivity contribution in [2.75, 3.05) is 6.54 Å². The molecule has 1 aromatic rings. The van der Waals surface area contributed by atoms with Crippen LogP contribution in [-0.4, -0.2) is 12.3 Å². The molecule has 0 spiro atoms. The van der Waals surface area contributed by atoms with Crippen LogP contribution in [0.4, 0.5) is 4.39 Å². The number of ketones is 1. The zero-order chi connectivity index (χ0) is 12.3. The van der Waals surface area contributed by atoms with Crippen molar-refractivity contribution in [3.05, 3.63) is 46.9 Å².